The molecule has 0 spiro atoms. The third kappa shape index (κ3) is 3.03. The number of anilines is 1. The van der Waals surface area contributed by atoms with Crippen LogP contribution in [0, 0.1) is 0 Å². The number of hydrogen-bond donors (Lipinski definition) is 1. The van der Waals surface area contributed by atoms with E-state index < -0.39 is 5.91 Å². The number of hydrogen-bond acceptors (Lipinski definition) is 3. The van der Waals surface area contributed by atoms with Gasteiger partial charge in [-0.1, -0.05) is 30.3 Å². The van der Waals surface area contributed by atoms with E-state index in [9.17, 15) is 9.59 Å². The molecular weight excluding hydrogens is 304 g/mol. The van der Waals surface area contributed by atoms with Gasteiger partial charge in [0.1, 0.15) is 6.33 Å². The molecule has 3 aromatic rings. The van der Waals surface area contributed by atoms with E-state index >= 15 is 0 Å². The number of imidazole rings is 1. The maximum absolute atomic E-state index is 12.5. The Morgan fingerprint density at radius 3 is 2.33 bits per heavy atom. The molecule has 2 amide bonds. The Kier molecular flexibility index (Phi) is 4.11. The topological polar surface area (TPSA) is 81.2 Å². The molecule has 3 rings (SSSR count). The fourth-order valence-corrected chi connectivity index (χ4v) is 2.32. The highest BCUT2D eigenvalue weighted by Crippen LogP contribution is 2.19. The quantitative estimate of drug-likeness (QED) is 0.805. The zero-order chi connectivity index (χ0) is 17.1. The Bertz CT molecular complexity index is 870. The minimum atomic E-state index is -0.480. The summed E-state index contributed by atoms with van der Waals surface area (Å²) in [5, 5.41) is 0. The van der Waals surface area contributed by atoms with Crippen molar-refractivity contribution in [3.05, 3.63) is 72.7 Å². The van der Waals surface area contributed by atoms with E-state index in [0.717, 1.165) is 11.3 Å². The highest BCUT2D eigenvalue weighted by atomic mass is 16.2. The Hall–Kier alpha value is -3.41. The molecular formula is C18H16N4O2. The van der Waals surface area contributed by atoms with E-state index in [1.807, 2.05) is 30.3 Å². The molecule has 0 aliphatic carbocycles. The van der Waals surface area contributed by atoms with Crippen molar-refractivity contribution >= 4 is 17.6 Å². The van der Waals surface area contributed by atoms with Gasteiger partial charge in [0.2, 0.25) is 5.91 Å². The highest BCUT2D eigenvalue weighted by molar-refractivity contribution is 5.94. The van der Waals surface area contributed by atoms with E-state index in [4.69, 9.17) is 5.73 Å². The van der Waals surface area contributed by atoms with Gasteiger partial charge in [-0.15, -0.1) is 0 Å². The van der Waals surface area contributed by atoms with Gasteiger partial charge in [-0.2, -0.15) is 0 Å². The van der Waals surface area contributed by atoms with Crippen molar-refractivity contribution in [3.8, 4) is 11.3 Å². The van der Waals surface area contributed by atoms with Gasteiger partial charge in [0.15, 0.2) is 0 Å². The summed E-state index contributed by atoms with van der Waals surface area (Å²) in [5.74, 6) is -0.480. The highest BCUT2D eigenvalue weighted by Gasteiger charge is 2.14. The molecule has 0 bridgehead atoms. The summed E-state index contributed by atoms with van der Waals surface area (Å²) < 4.78 is 1.42. The summed E-state index contributed by atoms with van der Waals surface area (Å²) >= 11 is 0. The summed E-state index contributed by atoms with van der Waals surface area (Å²) in [4.78, 5) is 29.4. The van der Waals surface area contributed by atoms with Crippen molar-refractivity contribution in [2.45, 2.75) is 0 Å². The van der Waals surface area contributed by atoms with Crippen molar-refractivity contribution in [3.63, 3.8) is 0 Å². The van der Waals surface area contributed by atoms with Gasteiger partial charge in [0, 0.05) is 30.1 Å². The van der Waals surface area contributed by atoms with Crippen LogP contribution in [0.1, 0.15) is 10.4 Å². The summed E-state index contributed by atoms with van der Waals surface area (Å²) in [5.41, 5.74) is 7.89. The SMILES string of the molecule is CN(C(=O)n1cnc(-c2ccc(C(N)=O)cc2)c1)c1ccccc1. The molecule has 0 aliphatic heterocycles. The molecule has 0 unspecified atom stereocenters. The van der Waals surface area contributed by atoms with Gasteiger partial charge in [0.25, 0.3) is 0 Å². The Morgan fingerprint density at radius 1 is 1.04 bits per heavy atom. The molecule has 120 valence electrons. The fraction of sp³-hybridized carbons (Fsp3) is 0.0556. The summed E-state index contributed by atoms with van der Waals surface area (Å²) in [6.45, 7) is 0. The molecule has 0 radical (unpaired) electrons. The van der Waals surface area contributed by atoms with E-state index in [1.54, 1.807) is 42.4 Å². The number of benzene rings is 2. The maximum Gasteiger partial charge on any atom is 0.333 e. The van der Waals surface area contributed by atoms with Gasteiger partial charge in [-0.3, -0.25) is 14.3 Å². The molecule has 6 nitrogen and oxygen atoms in total. The number of carbonyl (C=O) groups excluding carboxylic acids is 2. The lowest BCUT2D eigenvalue weighted by Gasteiger charge is -2.16. The van der Waals surface area contributed by atoms with Gasteiger partial charge >= 0.3 is 6.03 Å². The van der Waals surface area contributed by atoms with Crippen LogP contribution in [0.3, 0.4) is 0 Å². The first-order valence-corrected chi connectivity index (χ1v) is 7.33. The molecule has 0 fully saturated rings. The average molecular weight is 320 g/mol. The largest absolute Gasteiger partial charge is 0.366 e. The van der Waals surface area contributed by atoms with Crippen LogP contribution in [0.4, 0.5) is 10.5 Å². The summed E-state index contributed by atoms with van der Waals surface area (Å²) in [6.07, 6.45) is 3.13. The van der Waals surface area contributed by atoms with Gasteiger partial charge in [-0.25, -0.2) is 9.78 Å². The molecule has 1 aromatic heterocycles. The Balaban J connectivity index is 1.82. The lowest BCUT2D eigenvalue weighted by atomic mass is 10.1. The predicted octanol–water partition coefficient (Wildman–Crippen LogP) is 2.75. The third-order valence-corrected chi connectivity index (χ3v) is 3.70. The minimum Gasteiger partial charge on any atom is -0.366 e. The van der Waals surface area contributed by atoms with Gasteiger partial charge < -0.3 is 5.73 Å². The molecule has 0 atom stereocenters. The zero-order valence-electron chi connectivity index (χ0n) is 13.1. The van der Waals surface area contributed by atoms with Crippen LogP contribution in [0.15, 0.2) is 67.1 Å². The standard InChI is InChI=1S/C18H16N4O2/c1-21(15-5-3-2-4-6-15)18(24)22-11-16(20-12-22)13-7-9-14(10-8-13)17(19)23/h2-12H,1H3,(H2,19,23). The number of para-hydroxylation sites is 1. The lowest BCUT2D eigenvalue weighted by molar-refractivity contribution is 0.100. The van der Waals surface area contributed by atoms with Crippen molar-refractivity contribution in [1.82, 2.24) is 9.55 Å². The van der Waals surface area contributed by atoms with Crippen LogP contribution in [0.5, 0.6) is 0 Å². The van der Waals surface area contributed by atoms with E-state index in [0.29, 0.717) is 11.3 Å². The molecule has 0 saturated carbocycles. The van der Waals surface area contributed by atoms with Gasteiger partial charge in [0.05, 0.1) is 5.69 Å². The molecule has 2 aromatic carbocycles. The smallest absolute Gasteiger partial charge is 0.333 e. The predicted molar refractivity (Wildman–Crippen MR) is 91.8 cm³/mol. The number of primary amides is 1. The number of nitrogens with two attached hydrogens (primary N) is 1. The number of nitrogens with zero attached hydrogens (tertiary/aromatic N) is 3. The normalized spacial score (nSPS) is 10.4. The first-order valence-electron chi connectivity index (χ1n) is 7.33. The first kappa shape index (κ1) is 15.5. The van der Waals surface area contributed by atoms with Crippen molar-refractivity contribution in [2.24, 2.45) is 5.73 Å². The van der Waals surface area contributed by atoms with Crippen molar-refractivity contribution < 1.29 is 9.59 Å². The number of amides is 2. The van der Waals surface area contributed by atoms with Gasteiger partial charge in [-0.05, 0) is 24.3 Å². The number of rotatable bonds is 3. The second kappa shape index (κ2) is 6.37. The monoisotopic (exact) mass is 320 g/mol. The van der Waals surface area contributed by atoms with E-state index in [1.165, 1.54) is 10.9 Å². The molecule has 2 N–H and O–H groups in total. The van der Waals surface area contributed by atoms with Crippen LogP contribution in [-0.4, -0.2) is 28.5 Å². The van der Waals surface area contributed by atoms with Crippen LogP contribution >= 0.6 is 0 Å². The van der Waals surface area contributed by atoms with E-state index in [-0.39, 0.29) is 6.03 Å². The second-order valence-corrected chi connectivity index (χ2v) is 5.28. The second-order valence-electron chi connectivity index (χ2n) is 5.28. The summed E-state index contributed by atoms with van der Waals surface area (Å²) in [6, 6.07) is 15.9. The lowest BCUT2D eigenvalue weighted by Crippen LogP contribution is -2.30. The first-order chi connectivity index (χ1) is 11.6. The molecule has 1 heterocycles. The minimum absolute atomic E-state index is 0.214. The Morgan fingerprint density at radius 2 is 1.71 bits per heavy atom. The maximum atomic E-state index is 12.5. The molecule has 6 heteroatoms. The van der Waals surface area contributed by atoms with Crippen LogP contribution in [0.2, 0.25) is 0 Å². The zero-order valence-corrected chi connectivity index (χ0v) is 13.1. The molecule has 0 aliphatic rings. The molecule has 24 heavy (non-hydrogen) atoms. The molecule has 0 saturated heterocycles. The third-order valence-electron chi connectivity index (χ3n) is 3.70. The summed E-state index contributed by atoms with van der Waals surface area (Å²) in [7, 11) is 1.71. The van der Waals surface area contributed by atoms with Crippen LogP contribution < -0.4 is 10.6 Å². The van der Waals surface area contributed by atoms with Crippen molar-refractivity contribution in [2.75, 3.05) is 11.9 Å². The van der Waals surface area contributed by atoms with Crippen LogP contribution in [-0.2, 0) is 0 Å². The Labute approximate surface area is 139 Å². The fourth-order valence-electron chi connectivity index (χ4n) is 2.32. The number of carbonyl (C=O) groups is 2. The van der Waals surface area contributed by atoms with Crippen LogP contribution in [0.25, 0.3) is 11.3 Å². The van der Waals surface area contributed by atoms with E-state index in [2.05, 4.69) is 4.98 Å². The average Bonchev–Trinajstić information content (AvgIpc) is 3.11. The van der Waals surface area contributed by atoms with Crippen molar-refractivity contribution in [1.29, 1.82) is 0 Å². The number of aromatic nitrogens is 2.